The standard InChI is InChI=1S/C11H23N3/c1-10-8-14(7-6-13-10)9-11-2-4-12-5-3-11/h10-13H,2-9H2,1H3. The number of nitrogens with zero attached hydrogens (tertiary/aromatic N) is 1. The van der Waals surface area contributed by atoms with Crippen LogP contribution in [0.4, 0.5) is 0 Å². The Labute approximate surface area is 87.2 Å². The Hall–Kier alpha value is -0.120. The molecule has 3 heteroatoms. The average molecular weight is 197 g/mol. The van der Waals surface area contributed by atoms with Gasteiger partial charge in [-0.05, 0) is 38.8 Å². The molecular formula is C11H23N3. The normalized spacial score (nSPS) is 31.9. The van der Waals surface area contributed by atoms with Gasteiger partial charge in [0, 0.05) is 32.2 Å². The van der Waals surface area contributed by atoms with E-state index in [1.54, 1.807) is 0 Å². The molecule has 1 unspecified atom stereocenters. The summed E-state index contributed by atoms with van der Waals surface area (Å²) in [7, 11) is 0. The summed E-state index contributed by atoms with van der Waals surface area (Å²) in [6, 6.07) is 0.686. The maximum atomic E-state index is 3.50. The molecule has 2 rings (SSSR count). The van der Waals surface area contributed by atoms with Crippen molar-refractivity contribution >= 4 is 0 Å². The molecule has 2 fully saturated rings. The molecule has 0 aliphatic carbocycles. The van der Waals surface area contributed by atoms with Crippen LogP contribution in [0.3, 0.4) is 0 Å². The molecule has 0 aromatic rings. The van der Waals surface area contributed by atoms with E-state index in [1.807, 2.05) is 0 Å². The summed E-state index contributed by atoms with van der Waals surface area (Å²) in [5, 5.41) is 6.93. The van der Waals surface area contributed by atoms with Crippen LogP contribution < -0.4 is 10.6 Å². The first-order valence-electron chi connectivity index (χ1n) is 6.01. The predicted molar refractivity (Wildman–Crippen MR) is 59.5 cm³/mol. The maximum Gasteiger partial charge on any atom is 0.0167 e. The van der Waals surface area contributed by atoms with Crippen molar-refractivity contribution in [3.05, 3.63) is 0 Å². The fourth-order valence-corrected chi connectivity index (χ4v) is 2.61. The monoisotopic (exact) mass is 197 g/mol. The van der Waals surface area contributed by atoms with Crippen molar-refractivity contribution in [3.63, 3.8) is 0 Å². The molecule has 2 N–H and O–H groups in total. The fraction of sp³-hybridized carbons (Fsp3) is 1.00. The first-order valence-corrected chi connectivity index (χ1v) is 6.01. The molecule has 0 aromatic heterocycles. The van der Waals surface area contributed by atoms with Crippen LogP contribution in [0.1, 0.15) is 19.8 Å². The minimum absolute atomic E-state index is 0.686. The molecule has 0 amide bonds. The van der Waals surface area contributed by atoms with Crippen molar-refractivity contribution in [3.8, 4) is 0 Å². The summed E-state index contributed by atoms with van der Waals surface area (Å²) in [5.41, 5.74) is 0. The molecule has 0 radical (unpaired) electrons. The molecule has 14 heavy (non-hydrogen) atoms. The quantitative estimate of drug-likeness (QED) is 0.666. The van der Waals surface area contributed by atoms with Crippen molar-refractivity contribution in [2.75, 3.05) is 39.3 Å². The van der Waals surface area contributed by atoms with E-state index >= 15 is 0 Å². The van der Waals surface area contributed by atoms with E-state index in [1.165, 1.54) is 52.1 Å². The highest BCUT2D eigenvalue weighted by Crippen LogP contribution is 2.14. The lowest BCUT2D eigenvalue weighted by molar-refractivity contribution is 0.164. The minimum atomic E-state index is 0.686. The van der Waals surface area contributed by atoms with Gasteiger partial charge in [-0.2, -0.15) is 0 Å². The van der Waals surface area contributed by atoms with Crippen LogP contribution in [0.5, 0.6) is 0 Å². The molecule has 82 valence electrons. The smallest absolute Gasteiger partial charge is 0.0167 e. The van der Waals surface area contributed by atoms with Crippen LogP contribution in [0.25, 0.3) is 0 Å². The van der Waals surface area contributed by atoms with Crippen LogP contribution in [-0.4, -0.2) is 50.2 Å². The van der Waals surface area contributed by atoms with Gasteiger partial charge in [0.1, 0.15) is 0 Å². The Morgan fingerprint density at radius 1 is 1.21 bits per heavy atom. The van der Waals surface area contributed by atoms with Crippen molar-refractivity contribution < 1.29 is 0 Å². The maximum absolute atomic E-state index is 3.50. The number of piperazine rings is 1. The zero-order chi connectivity index (χ0) is 9.80. The highest BCUT2D eigenvalue weighted by molar-refractivity contribution is 4.78. The number of rotatable bonds is 2. The molecule has 2 aliphatic heterocycles. The van der Waals surface area contributed by atoms with Gasteiger partial charge in [-0.15, -0.1) is 0 Å². The van der Waals surface area contributed by atoms with Gasteiger partial charge >= 0.3 is 0 Å². The minimum Gasteiger partial charge on any atom is -0.317 e. The van der Waals surface area contributed by atoms with Gasteiger partial charge in [0.15, 0.2) is 0 Å². The van der Waals surface area contributed by atoms with Crippen molar-refractivity contribution in [2.24, 2.45) is 5.92 Å². The van der Waals surface area contributed by atoms with E-state index in [0.29, 0.717) is 6.04 Å². The first kappa shape index (κ1) is 10.4. The highest BCUT2D eigenvalue weighted by Gasteiger charge is 2.20. The lowest BCUT2D eigenvalue weighted by Crippen LogP contribution is -2.51. The van der Waals surface area contributed by atoms with Gasteiger partial charge < -0.3 is 15.5 Å². The van der Waals surface area contributed by atoms with Crippen molar-refractivity contribution in [2.45, 2.75) is 25.8 Å². The van der Waals surface area contributed by atoms with E-state index in [0.717, 1.165) is 5.92 Å². The van der Waals surface area contributed by atoms with E-state index < -0.39 is 0 Å². The van der Waals surface area contributed by atoms with Gasteiger partial charge in [-0.25, -0.2) is 0 Å². The van der Waals surface area contributed by atoms with Crippen LogP contribution >= 0.6 is 0 Å². The second kappa shape index (κ2) is 5.10. The average Bonchev–Trinajstić information content (AvgIpc) is 2.19. The fourth-order valence-electron chi connectivity index (χ4n) is 2.61. The van der Waals surface area contributed by atoms with Crippen LogP contribution in [-0.2, 0) is 0 Å². The zero-order valence-corrected chi connectivity index (χ0v) is 9.26. The summed E-state index contributed by atoms with van der Waals surface area (Å²) in [4.78, 5) is 2.64. The van der Waals surface area contributed by atoms with Gasteiger partial charge in [0.25, 0.3) is 0 Å². The lowest BCUT2D eigenvalue weighted by atomic mass is 9.97. The summed E-state index contributed by atoms with van der Waals surface area (Å²) < 4.78 is 0. The third-order valence-electron chi connectivity index (χ3n) is 3.43. The van der Waals surface area contributed by atoms with Crippen LogP contribution in [0, 0.1) is 5.92 Å². The van der Waals surface area contributed by atoms with E-state index in [2.05, 4.69) is 22.5 Å². The molecule has 2 saturated heterocycles. The highest BCUT2D eigenvalue weighted by atomic mass is 15.2. The van der Waals surface area contributed by atoms with Gasteiger partial charge in [0.2, 0.25) is 0 Å². The Morgan fingerprint density at radius 2 is 2.00 bits per heavy atom. The molecule has 0 aromatic carbocycles. The third kappa shape index (κ3) is 2.94. The van der Waals surface area contributed by atoms with Crippen molar-refractivity contribution in [1.29, 1.82) is 0 Å². The van der Waals surface area contributed by atoms with Crippen LogP contribution in [0.15, 0.2) is 0 Å². The van der Waals surface area contributed by atoms with Crippen LogP contribution in [0.2, 0.25) is 0 Å². The SMILES string of the molecule is CC1CN(CC2CCNCC2)CCN1. The predicted octanol–water partition coefficient (Wildman–Crippen LogP) is 0.280. The second-order valence-corrected chi connectivity index (χ2v) is 4.81. The summed E-state index contributed by atoms with van der Waals surface area (Å²) in [6.45, 7) is 9.73. The molecule has 3 nitrogen and oxygen atoms in total. The van der Waals surface area contributed by atoms with Gasteiger partial charge in [-0.1, -0.05) is 0 Å². The molecule has 2 aliphatic rings. The number of nitrogens with one attached hydrogen (secondary N) is 2. The Balaban J connectivity index is 1.72. The molecule has 0 spiro atoms. The Bertz CT molecular complexity index is 166. The third-order valence-corrected chi connectivity index (χ3v) is 3.43. The largest absolute Gasteiger partial charge is 0.317 e. The van der Waals surface area contributed by atoms with E-state index in [4.69, 9.17) is 0 Å². The Kier molecular flexibility index (Phi) is 3.79. The number of hydrogen-bond donors (Lipinski definition) is 2. The lowest BCUT2D eigenvalue weighted by Gasteiger charge is -2.35. The molecule has 2 heterocycles. The zero-order valence-electron chi connectivity index (χ0n) is 9.26. The topological polar surface area (TPSA) is 27.3 Å². The first-order chi connectivity index (χ1) is 6.84. The van der Waals surface area contributed by atoms with E-state index in [-0.39, 0.29) is 0 Å². The van der Waals surface area contributed by atoms with E-state index in [9.17, 15) is 0 Å². The summed E-state index contributed by atoms with van der Waals surface area (Å²) in [6.07, 6.45) is 2.75. The summed E-state index contributed by atoms with van der Waals surface area (Å²) in [5.74, 6) is 0.946. The molecular weight excluding hydrogens is 174 g/mol. The molecule has 1 atom stereocenters. The Morgan fingerprint density at radius 3 is 2.71 bits per heavy atom. The number of hydrogen-bond acceptors (Lipinski definition) is 3. The van der Waals surface area contributed by atoms with Gasteiger partial charge in [-0.3, -0.25) is 0 Å². The summed E-state index contributed by atoms with van der Waals surface area (Å²) >= 11 is 0. The number of piperidine rings is 1. The molecule has 0 saturated carbocycles. The second-order valence-electron chi connectivity index (χ2n) is 4.81. The molecule has 0 bridgehead atoms. The van der Waals surface area contributed by atoms with Crippen molar-refractivity contribution in [1.82, 2.24) is 15.5 Å². The van der Waals surface area contributed by atoms with Gasteiger partial charge in [0.05, 0.1) is 0 Å².